The van der Waals surface area contributed by atoms with E-state index in [4.69, 9.17) is 5.11 Å². The Balaban J connectivity index is 1.69. The molecule has 2 N–H and O–H groups in total. The van der Waals surface area contributed by atoms with Crippen LogP contribution in [0.15, 0.2) is 24.5 Å². The summed E-state index contributed by atoms with van der Waals surface area (Å²) >= 11 is 0. The van der Waals surface area contributed by atoms with Crippen LogP contribution in [-0.2, 0) is 17.8 Å². The molecule has 2 aromatic heterocycles. The van der Waals surface area contributed by atoms with Gasteiger partial charge in [0.1, 0.15) is 6.54 Å². The summed E-state index contributed by atoms with van der Waals surface area (Å²) in [6, 6.07) is 2.23. The molecule has 4 nitrogen and oxygen atoms in total. The normalized spacial score (nSPS) is 13.4. The number of aromatic amines is 1. The molecule has 0 radical (unpaired) electrons. The first-order valence-electron chi connectivity index (χ1n) is 9.91. The first-order chi connectivity index (χ1) is 13.1. The number of unbranched alkanes of at least 4 members (excludes halogenated alkanes) is 2. The smallest absolute Gasteiger partial charge is 0.303 e. The zero-order chi connectivity index (χ0) is 19.0. The second kappa shape index (κ2) is 7.18. The Kier molecular flexibility index (Phi) is 4.73. The summed E-state index contributed by atoms with van der Waals surface area (Å²) in [6.45, 7) is 5.38. The van der Waals surface area contributed by atoms with Crippen molar-refractivity contribution < 1.29 is 14.5 Å². The molecule has 3 aromatic rings. The Hall–Kier alpha value is -2.62. The van der Waals surface area contributed by atoms with E-state index in [9.17, 15) is 4.79 Å². The summed E-state index contributed by atoms with van der Waals surface area (Å²) in [4.78, 5) is 14.3. The molecule has 1 aliphatic rings. The lowest BCUT2D eigenvalue weighted by Gasteiger charge is -2.09. The summed E-state index contributed by atoms with van der Waals surface area (Å²) in [5.41, 5.74) is 6.67. The third kappa shape index (κ3) is 3.25. The molecular weight excluding hydrogens is 336 g/mol. The minimum Gasteiger partial charge on any atom is -0.481 e. The van der Waals surface area contributed by atoms with E-state index < -0.39 is 5.97 Å². The van der Waals surface area contributed by atoms with Gasteiger partial charge in [0.2, 0.25) is 0 Å². The number of carboxylic acid groups (broad SMARTS) is 1. The Morgan fingerprint density at radius 2 is 2.04 bits per heavy atom. The minimum absolute atomic E-state index is 0.269. The molecule has 140 valence electrons. The van der Waals surface area contributed by atoms with Gasteiger partial charge in [0.25, 0.3) is 0 Å². The van der Waals surface area contributed by atoms with Gasteiger partial charge in [-0.1, -0.05) is 12.2 Å². The fraction of sp³-hybridized carbons (Fsp3) is 0.391. The van der Waals surface area contributed by atoms with Crippen LogP contribution in [0.4, 0.5) is 0 Å². The molecule has 0 saturated heterocycles. The number of rotatable bonds is 6. The molecule has 4 heteroatoms. The van der Waals surface area contributed by atoms with Crippen LogP contribution in [0.3, 0.4) is 0 Å². The molecule has 0 bridgehead atoms. The third-order valence-corrected chi connectivity index (χ3v) is 5.85. The largest absolute Gasteiger partial charge is 0.481 e. The number of allylic oxidation sites excluding steroid dienone is 1. The van der Waals surface area contributed by atoms with Gasteiger partial charge in [-0.3, -0.25) is 4.79 Å². The summed E-state index contributed by atoms with van der Waals surface area (Å²) < 4.78 is 2.25. The number of hydrogen-bond donors (Lipinski definition) is 2. The molecule has 0 aliphatic heterocycles. The number of carbonyl (C=O) groups is 1. The number of carboxylic acids is 1. The topological polar surface area (TPSA) is 57.0 Å². The van der Waals surface area contributed by atoms with Crippen LogP contribution in [0.2, 0.25) is 0 Å². The van der Waals surface area contributed by atoms with Crippen molar-refractivity contribution in [3.8, 4) is 0 Å². The molecule has 0 unspecified atom stereocenters. The number of aliphatic carboxylic acids is 1. The van der Waals surface area contributed by atoms with E-state index in [-0.39, 0.29) is 6.42 Å². The van der Waals surface area contributed by atoms with Crippen LogP contribution in [-0.4, -0.2) is 16.1 Å². The number of aromatic nitrogens is 2. The lowest BCUT2D eigenvalue weighted by atomic mass is 9.94. The molecule has 0 atom stereocenters. The third-order valence-electron chi connectivity index (χ3n) is 5.85. The maximum absolute atomic E-state index is 10.6. The zero-order valence-corrected chi connectivity index (χ0v) is 16.1. The van der Waals surface area contributed by atoms with E-state index in [2.05, 4.69) is 54.0 Å². The van der Waals surface area contributed by atoms with Gasteiger partial charge in [-0.15, -0.1) is 0 Å². The van der Waals surface area contributed by atoms with E-state index in [0.29, 0.717) is 0 Å². The van der Waals surface area contributed by atoms with E-state index in [0.717, 1.165) is 38.6 Å². The number of aryl methyl sites for hydroxylation is 4. The van der Waals surface area contributed by atoms with E-state index in [1.807, 2.05) is 0 Å². The lowest BCUT2D eigenvalue weighted by Crippen LogP contribution is -2.32. The van der Waals surface area contributed by atoms with E-state index in [1.165, 1.54) is 44.1 Å². The van der Waals surface area contributed by atoms with Crippen LogP contribution in [0.5, 0.6) is 0 Å². The average Bonchev–Trinajstić information content (AvgIpc) is 3.05. The van der Waals surface area contributed by atoms with Crippen molar-refractivity contribution in [2.24, 2.45) is 0 Å². The van der Waals surface area contributed by atoms with Gasteiger partial charge in [-0.25, -0.2) is 4.57 Å². The molecule has 1 aromatic carbocycles. The second-order valence-electron chi connectivity index (χ2n) is 7.67. The van der Waals surface area contributed by atoms with Crippen molar-refractivity contribution in [2.45, 2.75) is 58.9 Å². The van der Waals surface area contributed by atoms with Gasteiger partial charge in [-0.05, 0) is 56.0 Å². The maximum Gasteiger partial charge on any atom is 0.303 e. The Bertz CT molecular complexity index is 1060. The molecule has 4 rings (SSSR count). The average molecular weight is 363 g/mol. The molecule has 0 amide bonds. The van der Waals surface area contributed by atoms with E-state index in [1.54, 1.807) is 0 Å². The molecular formula is C23H27N2O2+. The van der Waals surface area contributed by atoms with Crippen LogP contribution >= 0.6 is 0 Å². The maximum atomic E-state index is 10.6. The van der Waals surface area contributed by atoms with Crippen molar-refractivity contribution in [3.05, 3.63) is 46.9 Å². The summed E-state index contributed by atoms with van der Waals surface area (Å²) in [7, 11) is 0. The highest BCUT2D eigenvalue weighted by atomic mass is 16.4. The number of H-pyrrole nitrogens is 1. The van der Waals surface area contributed by atoms with Crippen molar-refractivity contribution in [1.29, 1.82) is 0 Å². The predicted octanol–water partition coefficient (Wildman–Crippen LogP) is 4.83. The predicted molar refractivity (Wildman–Crippen MR) is 109 cm³/mol. The standard InChI is InChI=1S/C23H26N2O2/c1-15-19-14-25(12-7-3-4-10-21(26)27)13-11-17(19)16(2)23-22(15)18-8-5-6-9-20(18)24-23/h5,8,11,13-14H,3-4,6-7,9-10,12H2,1-2H3,(H,26,27)/p+1. The second-order valence-corrected chi connectivity index (χ2v) is 7.67. The highest BCUT2D eigenvalue weighted by Gasteiger charge is 2.19. The van der Waals surface area contributed by atoms with Gasteiger partial charge in [-0.2, -0.15) is 0 Å². The van der Waals surface area contributed by atoms with Gasteiger partial charge >= 0.3 is 5.97 Å². The summed E-state index contributed by atoms with van der Waals surface area (Å²) in [5.74, 6) is -0.702. The lowest BCUT2D eigenvalue weighted by molar-refractivity contribution is -0.696. The van der Waals surface area contributed by atoms with Crippen LogP contribution in [0.25, 0.3) is 27.8 Å². The number of hydrogen-bond acceptors (Lipinski definition) is 1. The Labute approximate surface area is 159 Å². The molecule has 1 aliphatic carbocycles. The number of nitrogens with one attached hydrogen (secondary N) is 1. The fourth-order valence-electron chi connectivity index (χ4n) is 4.37. The molecule has 0 saturated carbocycles. The Morgan fingerprint density at radius 1 is 1.19 bits per heavy atom. The van der Waals surface area contributed by atoms with Crippen molar-refractivity contribution in [1.82, 2.24) is 4.98 Å². The molecule has 0 fully saturated rings. The van der Waals surface area contributed by atoms with Crippen molar-refractivity contribution >= 4 is 33.7 Å². The highest BCUT2D eigenvalue weighted by molar-refractivity contribution is 6.07. The first kappa shape index (κ1) is 17.8. The highest BCUT2D eigenvalue weighted by Crippen LogP contribution is 2.36. The molecule has 2 heterocycles. The minimum atomic E-state index is -0.702. The number of fused-ring (bicyclic) bond motifs is 4. The zero-order valence-electron chi connectivity index (χ0n) is 16.1. The van der Waals surface area contributed by atoms with Gasteiger partial charge in [0, 0.05) is 40.9 Å². The van der Waals surface area contributed by atoms with Crippen LogP contribution in [0.1, 0.15) is 54.5 Å². The summed E-state index contributed by atoms with van der Waals surface area (Å²) in [5, 5.41) is 12.7. The van der Waals surface area contributed by atoms with E-state index >= 15 is 0 Å². The first-order valence-corrected chi connectivity index (χ1v) is 9.91. The fourth-order valence-corrected chi connectivity index (χ4v) is 4.37. The number of benzene rings is 1. The Morgan fingerprint density at radius 3 is 2.85 bits per heavy atom. The SMILES string of the molecule is Cc1c2cc[n+](CCCCCC(=O)O)cc2c(C)c2c3c([nH]c12)CCC=C3. The summed E-state index contributed by atoms with van der Waals surface area (Å²) in [6.07, 6.45) is 14.1. The molecule has 27 heavy (non-hydrogen) atoms. The van der Waals surface area contributed by atoms with Crippen LogP contribution < -0.4 is 4.57 Å². The number of nitrogens with zero attached hydrogens (tertiary/aromatic N) is 1. The number of pyridine rings is 1. The quantitative estimate of drug-likeness (QED) is 0.487. The van der Waals surface area contributed by atoms with Crippen molar-refractivity contribution in [3.63, 3.8) is 0 Å². The van der Waals surface area contributed by atoms with Gasteiger partial charge in [0.15, 0.2) is 12.4 Å². The monoisotopic (exact) mass is 363 g/mol. The molecule has 0 spiro atoms. The van der Waals surface area contributed by atoms with Gasteiger partial charge in [0.05, 0.1) is 5.52 Å². The van der Waals surface area contributed by atoms with Crippen LogP contribution in [0, 0.1) is 13.8 Å². The van der Waals surface area contributed by atoms with Gasteiger partial charge < -0.3 is 10.1 Å². The van der Waals surface area contributed by atoms with Crippen molar-refractivity contribution in [2.75, 3.05) is 0 Å².